The van der Waals surface area contributed by atoms with E-state index in [1.54, 1.807) is 30.0 Å². The van der Waals surface area contributed by atoms with Crippen LogP contribution in [-0.2, 0) is 14.8 Å². The number of rotatable bonds is 4. The van der Waals surface area contributed by atoms with Gasteiger partial charge >= 0.3 is 0 Å². The molecule has 1 saturated carbocycles. The highest BCUT2D eigenvalue weighted by molar-refractivity contribution is 7.89. The molecule has 2 fully saturated rings. The van der Waals surface area contributed by atoms with Gasteiger partial charge in [0.15, 0.2) is 0 Å². The number of allylic oxidation sites excluding steroid dienone is 1. The van der Waals surface area contributed by atoms with Gasteiger partial charge in [-0.25, -0.2) is 8.42 Å². The zero-order valence-corrected chi connectivity index (χ0v) is 16.2. The molecule has 1 aromatic rings. The molecule has 0 N–H and O–H groups in total. The molecule has 2 aliphatic rings. The number of sulfonamides is 1. The van der Waals surface area contributed by atoms with Gasteiger partial charge < -0.3 is 4.90 Å². The highest BCUT2D eigenvalue weighted by Crippen LogP contribution is 2.33. The van der Waals surface area contributed by atoms with Gasteiger partial charge in [-0.2, -0.15) is 4.31 Å². The lowest BCUT2D eigenvalue weighted by atomic mass is 9.84. The van der Waals surface area contributed by atoms with Crippen molar-refractivity contribution in [2.45, 2.75) is 49.8 Å². The van der Waals surface area contributed by atoms with E-state index < -0.39 is 10.0 Å². The van der Waals surface area contributed by atoms with Crippen LogP contribution in [0.4, 0.5) is 0 Å². The molecule has 0 bridgehead atoms. The first-order valence-electron chi connectivity index (χ1n) is 9.54. The minimum absolute atomic E-state index is 0.0543. The summed E-state index contributed by atoms with van der Waals surface area (Å²) >= 11 is 0. The molecule has 0 spiro atoms. The second-order valence-corrected chi connectivity index (χ2v) is 9.07. The molecule has 1 aromatic carbocycles. The first-order valence-corrected chi connectivity index (χ1v) is 11.0. The highest BCUT2D eigenvalue weighted by Gasteiger charge is 2.29. The Kier molecular flexibility index (Phi) is 6.14. The lowest BCUT2D eigenvalue weighted by Gasteiger charge is -2.33. The summed E-state index contributed by atoms with van der Waals surface area (Å²) < 4.78 is 27.3. The van der Waals surface area contributed by atoms with Crippen molar-refractivity contribution in [2.24, 2.45) is 0 Å². The van der Waals surface area contributed by atoms with Crippen LogP contribution in [0.5, 0.6) is 0 Å². The second kappa shape index (κ2) is 8.35. The van der Waals surface area contributed by atoms with Gasteiger partial charge in [-0.3, -0.25) is 4.79 Å². The van der Waals surface area contributed by atoms with Crippen molar-refractivity contribution in [3.8, 4) is 0 Å². The predicted octanol–water partition coefficient (Wildman–Crippen LogP) is 3.14. The number of hydrogen-bond acceptors (Lipinski definition) is 3. The maximum absolute atomic E-state index is 12.9. The molecule has 0 radical (unpaired) electrons. The van der Waals surface area contributed by atoms with Gasteiger partial charge in [-0.05, 0) is 49.5 Å². The van der Waals surface area contributed by atoms with Gasteiger partial charge in [0, 0.05) is 26.2 Å². The smallest absolute Gasteiger partial charge is 0.246 e. The first kappa shape index (κ1) is 19.1. The second-order valence-electron chi connectivity index (χ2n) is 7.13. The van der Waals surface area contributed by atoms with Gasteiger partial charge in [0.2, 0.25) is 15.9 Å². The molecule has 3 rings (SSSR count). The molecule has 6 heteroatoms. The molecule has 1 heterocycles. The van der Waals surface area contributed by atoms with Gasteiger partial charge in [-0.1, -0.05) is 37.5 Å². The molecule has 1 saturated heterocycles. The Labute approximate surface area is 156 Å². The molecular formula is C20H28N2O3S. The summed E-state index contributed by atoms with van der Waals surface area (Å²) in [4.78, 5) is 13.9. The van der Waals surface area contributed by atoms with E-state index in [9.17, 15) is 13.2 Å². The molecule has 5 nitrogen and oxygen atoms in total. The van der Waals surface area contributed by atoms with E-state index in [4.69, 9.17) is 0 Å². The lowest BCUT2D eigenvalue weighted by Crippen LogP contribution is -2.50. The zero-order valence-electron chi connectivity index (χ0n) is 15.4. The number of amides is 1. The van der Waals surface area contributed by atoms with Crippen LogP contribution >= 0.6 is 0 Å². The summed E-state index contributed by atoms with van der Waals surface area (Å²) in [6.45, 7) is 3.35. The Morgan fingerprint density at radius 2 is 1.62 bits per heavy atom. The van der Waals surface area contributed by atoms with Crippen LogP contribution in [0.25, 0.3) is 0 Å². The normalized spacial score (nSPS) is 20.6. The van der Waals surface area contributed by atoms with E-state index in [1.807, 2.05) is 12.1 Å². The van der Waals surface area contributed by atoms with Gasteiger partial charge in [-0.15, -0.1) is 0 Å². The molecule has 1 amide bonds. The van der Waals surface area contributed by atoms with Crippen molar-refractivity contribution in [1.82, 2.24) is 9.21 Å². The summed E-state index contributed by atoms with van der Waals surface area (Å²) in [6, 6.07) is 7.45. The van der Waals surface area contributed by atoms with Gasteiger partial charge in [0.1, 0.15) is 0 Å². The Hall–Kier alpha value is -1.66. The SMILES string of the molecule is C/C=C/C(=O)N1CCN(S(=O)(=O)c2ccc(C3CCCCC3)cc2)CC1. The first-order chi connectivity index (χ1) is 12.5. The van der Waals surface area contributed by atoms with Crippen molar-refractivity contribution in [3.63, 3.8) is 0 Å². The third-order valence-corrected chi connectivity index (χ3v) is 7.37. The molecular weight excluding hydrogens is 348 g/mol. The highest BCUT2D eigenvalue weighted by atomic mass is 32.2. The lowest BCUT2D eigenvalue weighted by molar-refractivity contribution is -0.127. The number of benzene rings is 1. The average molecular weight is 377 g/mol. The summed E-state index contributed by atoms with van der Waals surface area (Å²) in [6.07, 6.45) is 9.48. The van der Waals surface area contributed by atoms with Crippen molar-refractivity contribution in [3.05, 3.63) is 42.0 Å². The molecule has 0 atom stereocenters. The number of hydrogen-bond donors (Lipinski definition) is 0. The maximum atomic E-state index is 12.9. The van der Waals surface area contributed by atoms with Gasteiger partial charge in [0.05, 0.1) is 4.90 Å². The van der Waals surface area contributed by atoms with Crippen LogP contribution in [0, 0.1) is 0 Å². The van der Waals surface area contributed by atoms with E-state index in [1.165, 1.54) is 48.0 Å². The zero-order chi connectivity index (χ0) is 18.6. The topological polar surface area (TPSA) is 57.7 Å². The average Bonchev–Trinajstić information content (AvgIpc) is 2.69. The van der Waals surface area contributed by atoms with E-state index in [-0.39, 0.29) is 5.91 Å². The quantitative estimate of drug-likeness (QED) is 0.759. The fourth-order valence-corrected chi connectivity index (χ4v) is 5.32. The fraction of sp³-hybridized carbons (Fsp3) is 0.550. The molecule has 0 unspecified atom stereocenters. The van der Waals surface area contributed by atoms with Crippen LogP contribution in [0.3, 0.4) is 0 Å². The minimum atomic E-state index is -3.49. The minimum Gasteiger partial charge on any atom is -0.337 e. The number of piperazine rings is 1. The van der Waals surface area contributed by atoms with E-state index in [0.717, 1.165) is 0 Å². The molecule has 26 heavy (non-hydrogen) atoms. The Morgan fingerprint density at radius 1 is 1.00 bits per heavy atom. The monoisotopic (exact) mass is 376 g/mol. The van der Waals surface area contributed by atoms with Gasteiger partial charge in [0.25, 0.3) is 0 Å². The molecule has 1 aliphatic heterocycles. The third kappa shape index (κ3) is 4.18. The van der Waals surface area contributed by atoms with Crippen LogP contribution < -0.4 is 0 Å². The Morgan fingerprint density at radius 3 is 2.19 bits per heavy atom. The van der Waals surface area contributed by atoms with E-state index in [2.05, 4.69) is 0 Å². The molecule has 0 aromatic heterocycles. The summed E-state index contributed by atoms with van der Waals surface area (Å²) in [7, 11) is -3.49. The van der Waals surface area contributed by atoms with Crippen LogP contribution in [0.15, 0.2) is 41.3 Å². The fourth-order valence-electron chi connectivity index (χ4n) is 3.89. The number of nitrogens with zero attached hydrogens (tertiary/aromatic N) is 2. The van der Waals surface area contributed by atoms with Crippen LogP contribution in [0.2, 0.25) is 0 Å². The predicted molar refractivity (Wildman–Crippen MR) is 102 cm³/mol. The third-order valence-electron chi connectivity index (χ3n) is 5.45. The summed E-state index contributed by atoms with van der Waals surface area (Å²) in [5.41, 5.74) is 1.26. The summed E-state index contributed by atoms with van der Waals surface area (Å²) in [5.74, 6) is 0.517. The van der Waals surface area contributed by atoms with Crippen molar-refractivity contribution >= 4 is 15.9 Å². The maximum Gasteiger partial charge on any atom is 0.246 e. The Balaban J connectivity index is 1.66. The standard InChI is InChI=1S/C20H28N2O3S/c1-2-6-20(23)21-13-15-22(16-14-21)26(24,25)19-11-9-18(10-12-19)17-7-4-3-5-8-17/h2,6,9-12,17H,3-5,7-8,13-16H2,1H3/b6-2+. The van der Waals surface area contributed by atoms with Crippen LogP contribution in [0.1, 0.15) is 50.5 Å². The van der Waals surface area contributed by atoms with Crippen molar-refractivity contribution in [2.75, 3.05) is 26.2 Å². The number of carbonyl (C=O) groups is 1. The molecule has 1 aliphatic carbocycles. The van der Waals surface area contributed by atoms with E-state index in [0.29, 0.717) is 37.0 Å². The largest absolute Gasteiger partial charge is 0.337 e. The van der Waals surface area contributed by atoms with Crippen molar-refractivity contribution in [1.29, 1.82) is 0 Å². The Bertz CT molecular complexity index is 742. The molecule has 142 valence electrons. The summed E-state index contributed by atoms with van der Waals surface area (Å²) in [5, 5.41) is 0. The number of carbonyl (C=O) groups excluding carboxylic acids is 1. The van der Waals surface area contributed by atoms with Crippen molar-refractivity contribution < 1.29 is 13.2 Å². The van der Waals surface area contributed by atoms with Crippen LogP contribution in [-0.4, -0.2) is 49.7 Å². The van der Waals surface area contributed by atoms with E-state index >= 15 is 0 Å².